The fourth-order valence-electron chi connectivity index (χ4n) is 2.28. The smallest absolute Gasteiger partial charge is 0.259 e. The maximum Gasteiger partial charge on any atom is 0.259 e. The molecule has 132 valence electrons. The van der Waals surface area contributed by atoms with Gasteiger partial charge in [0.25, 0.3) is 11.8 Å². The highest BCUT2D eigenvalue weighted by Gasteiger charge is 2.16. The van der Waals surface area contributed by atoms with E-state index in [-0.39, 0.29) is 11.8 Å². The molecule has 6 heteroatoms. The Morgan fingerprint density at radius 2 is 1.64 bits per heavy atom. The van der Waals surface area contributed by atoms with E-state index in [1.54, 1.807) is 55.6 Å². The van der Waals surface area contributed by atoms with E-state index in [1.807, 2.05) is 6.92 Å². The zero-order valence-corrected chi connectivity index (χ0v) is 14.4. The number of methoxy groups -OCH3 is 1. The van der Waals surface area contributed by atoms with Gasteiger partial charge in [-0.15, -0.1) is 0 Å². The first-order valence-electron chi connectivity index (χ1n) is 8.06. The summed E-state index contributed by atoms with van der Waals surface area (Å²) in [5.74, 6) is -0.100. The Morgan fingerprint density at radius 3 is 2.36 bits per heavy atom. The van der Waals surface area contributed by atoms with Gasteiger partial charge in [0.15, 0.2) is 0 Å². The molecule has 0 spiro atoms. The number of para-hydroxylation sites is 2. The van der Waals surface area contributed by atoms with Gasteiger partial charge in [-0.2, -0.15) is 0 Å². The normalized spacial score (nSPS) is 10.2. The molecular weight excluding hydrogens is 320 g/mol. The molecule has 0 radical (unpaired) electrons. The molecule has 2 amide bonds. The van der Waals surface area contributed by atoms with Crippen LogP contribution in [0.4, 0.5) is 5.69 Å². The Labute approximate surface area is 147 Å². The molecule has 2 N–H and O–H groups in total. The molecule has 0 aliphatic carbocycles. The van der Waals surface area contributed by atoms with Gasteiger partial charge in [0.05, 0.1) is 30.0 Å². The number of rotatable bonds is 8. The number of carbonyl (C=O) groups excluding carboxylic acids is 2. The van der Waals surface area contributed by atoms with E-state index in [0.717, 1.165) is 0 Å². The molecule has 6 nitrogen and oxygen atoms in total. The van der Waals surface area contributed by atoms with Crippen LogP contribution >= 0.6 is 0 Å². The fourth-order valence-corrected chi connectivity index (χ4v) is 2.28. The van der Waals surface area contributed by atoms with Crippen molar-refractivity contribution in [3.05, 3.63) is 59.7 Å². The Bertz CT molecular complexity index is 731. The number of amides is 2. The summed E-state index contributed by atoms with van der Waals surface area (Å²) in [4.78, 5) is 24.9. The molecule has 0 unspecified atom stereocenters. The first-order chi connectivity index (χ1) is 12.2. The fraction of sp³-hybridized carbons (Fsp3) is 0.263. The molecule has 0 saturated heterocycles. The van der Waals surface area contributed by atoms with Crippen molar-refractivity contribution < 1.29 is 19.1 Å². The van der Waals surface area contributed by atoms with Gasteiger partial charge in [-0.1, -0.05) is 24.3 Å². The molecule has 0 saturated carbocycles. The van der Waals surface area contributed by atoms with Crippen LogP contribution in [0.1, 0.15) is 27.6 Å². The molecule has 25 heavy (non-hydrogen) atoms. The van der Waals surface area contributed by atoms with Crippen LogP contribution in [0.5, 0.6) is 5.75 Å². The molecule has 0 bridgehead atoms. The highest BCUT2D eigenvalue weighted by molar-refractivity contribution is 6.10. The highest BCUT2D eigenvalue weighted by Crippen LogP contribution is 2.21. The van der Waals surface area contributed by atoms with Crippen molar-refractivity contribution in [3.63, 3.8) is 0 Å². The minimum Gasteiger partial charge on any atom is -0.493 e. The van der Waals surface area contributed by atoms with Crippen LogP contribution in [-0.4, -0.2) is 38.7 Å². The minimum atomic E-state index is -0.332. The standard InChI is InChI=1S/C19H22N2O4/c1-3-25-17-11-7-5-9-15(17)19(23)21-16-10-6-4-8-14(16)18(22)20-12-13-24-2/h4-11H,3,12-13H2,1-2H3,(H,20,22)(H,21,23). The van der Waals surface area contributed by atoms with Crippen LogP contribution in [0.25, 0.3) is 0 Å². The number of hydrogen-bond donors (Lipinski definition) is 2. The van der Waals surface area contributed by atoms with E-state index in [4.69, 9.17) is 9.47 Å². The van der Waals surface area contributed by atoms with Crippen LogP contribution in [0, 0.1) is 0 Å². The van der Waals surface area contributed by atoms with Crippen molar-refractivity contribution in [3.8, 4) is 5.75 Å². The molecule has 2 aromatic rings. The lowest BCUT2D eigenvalue weighted by atomic mass is 10.1. The van der Waals surface area contributed by atoms with Gasteiger partial charge in [-0.05, 0) is 31.2 Å². The predicted molar refractivity (Wildman–Crippen MR) is 96.2 cm³/mol. The molecule has 0 aliphatic rings. The van der Waals surface area contributed by atoms with Crippen molar-refractivity contribution in [2.75, 3.05) is 32.2 Å². The highest BCUT2D eigenvalue weighted by atomic mass is 16.5. The first kappa shape index (κ1) is 18.5. The van der Waals surface area contributed by atoms with Crippen molar-refractivity contribution in [2.24, 2.45) is 0 Å². The number of carbonyl (C=O) groups is 2. The van der Waals surface area contributed by atoms with Gasteiger partial charge >= 0.3 is 0 Å². The second-order valence-corrected chi connectivity index (χ2v) is 5.18. The van der Waals surface area contributed by atoms with Gasteiger partial charge < -0.3 is 20.1 Å². The van der Waals surface area contributed by atoms with Crippen molar-refractivity contribution in [1.29, 1.82) is 0 Å². The Hall–Kier alpha value is -2.86. The van der Waals surface area contributed by atoms with Gasteiger partial charge in [-0.25, -0.2) is 0 Å². The van der Waals surface area contributed by atoms with Gasteiger partial charge in [0, 0.05) is 13.7 Å². The summed E-state index contributed by atoms with van der Waals surface area (Å²) < 4.78 is 10.4. The molecule has 0 heterocycles. The molecule has 0 aromatic heterocycles. The average molecular weight is 342 g/mol. The minimum absolute atomic E-state index is 0.272. The third kappa shape index (κ3) is 5.06. The summed E-state index contributed by atoms with van der Waals surface area (Å²) in [5.41, 5.74) is 1.24. The van der Waals surface area contributed by atoms with Gasteiger partial charge in [-0.3, -0.25) is 9.59 Å². The summed E-state index contributed by atoms with van der Waals surface area (Å²) in [7, 11) is 1.57. The van der Waals surface area contributed by atoms with E-state index in [9.17, 15) is 9.59 Å². The Morgan fingerprint density at radius 1 is 0.960 bits per heavy atom. The number of ether oxygens (including phenoxy) is 2. The predicted octanol–water partition coefficient (Wildman–Crippen LogP) is 2.71. The summed E-state index contributed by atoms with van der Waals surface area (Å²) in [6.45, 7) is 3.13. The van der Waals surface area contributed by atoms with Crippen LogP contribution in [-0.2, 0) is 4.74 Å². The zero-order valence-electron chi connectivity index (χ0n) is 14.4. The first-order valence-corrected chi connectivity index (χ1v) is 8.06. The summed E-state index contributed by atoms with van der Waals surface area (Å²) >= 11 is 0. The van der Waals surface area contributed by atoms with Crippen LogP contribution in [0.2, 0.25) is 0 Å². The molecule has 0 aliphatic heterocycles. The monoisotopic (exact) mass is 342 g/mol. The SMILES string of the molecule is CCOc1ccccc1C(=O)Nc1ccccc1C(=O)NCCOC. The second-order valence-electron chi connectivity index (χ2n) is 5.18. The second kappa shape index (κ2) is 9.44. The third-order valence-corrected chi connectivity index (χ3v) is 3.44. The van der Waals surface area contributed by atoms with Crippen molar-refractivity contribution in [2.45, 2.75) is 6.92 Å². The van der Waals surface area contributed by atoms with E-state index < -0.39 is 0 Å². The van der Waals surface area contributed by atoms with E-state index in [1.165, 1.54) is 0 Å². The Balaban J connectivity index is 2.18. The Kier molecular flexibility index (Phi) is 6.98. The average Bonchev–Trinajstić information content (AvgIpc) is 2.63. The lowest BCUT2D eigenvalue weighted by Crippen LogP contribution is -2.28. The zero-order chi connectivity index (χ0) is 18.1. The van der Waals surface area contributed by atoms with Crippen LogP contribution < -0.4 is 15.4 Å². The lowest BCUT2D eigenvalue weighted by molar-refractivity contribution is 0.0938. The lowest BCUT2D eigenvalue weighted by Gasteiger charge is -2.13. The maximum atomic E-state index is 12.6. The largest absolute Gasteiger partial charge is 0.493 e. The van der Waals surface area contributed by atoms with Gasteiger partial charge in [0.1, 0.15) is 5.75 Å². The molecule has 2 aromatic carbocycles. The topological polar surface area (TPSA) is 76.7 Å². The summed E-state index contributed by atoms with van der Waals surface area (Å²) in [6.07, 6.45) is 0. The molecule has 0 fully saturated rings. The number of nitrogens with one attached hydrogen (secondary N) is 2. The van der Waals surface area contributed by atoms with E-state index in [2.05, 4.69) is 10.6 Å². The molecule has 2 rings (SSSR count). The molecule has 0 atom stereocenters. The van der Waals surface area contributed by atoms with E-state index >= 15 is 0 Å². The third-order valence-electron chi connectivity index (χ3n) is 3.44. The van der Waals surface area contributed by atoms with Gasteiger partial charge in [0.2, 0.25) is 0 Å². The van der Waals surface area contributed by atoms with Crippen LogP contribution in [0.15, 0.2) is 48.5 Å². The summed E-state index contributed by atoms with van der Waals surface area (Å²) in [6, 6.07) is 13.8. The maximum absolute atomic E-state index is 12.6. The van der Waals surface area contributed by atoms with Crippen molar-refractivity contribution >= 4 is 17.5 Å². The van der Waals surface area contributed by atoms with Crippen LogP contribution in [0.3, 0.4) is 0 Å². The molecular formula is C19H22N2O4. The summed E-state index contributed by atoms with van der Waals surface area (Å²) in [5, 5.41) is 5.53. The quantitative estimate of drug-likeness (QED) is 0.723. The van der Waals surface area contributed by atoms with E-state index in [0.29, 0.717) is 42.3 Å². The number of hydrogen-bond acceptors (Lipinski definition) is 4. The number of anilines is 1. The van der Waals surface area contributed by atoms with Crippen molar-refractivity contribution in [1.82, 2.24) is 5.32 Å². The number of benzene rings is 2.